The molecule has 1 aliphatic heterocycles. The summed E-state index contributed by atoms with van der Waals surface area (Å²) in [6.07, 6.45) is 9.12. The van der Waals surface area contributed by atoms with Crippen LogP contribution in [0.25, 0.3) is 22.4 Å². The van der Waals surface area contributed by atoms with Crippen LogP contribution < -0.4 is 10.6 Å². The molecule has 3 aromatic heterocycles. The Morgan fingerprint density at radius 2 is 1.74 bits per heavy atom. The van der Waals surface area contributed by atoms with Gasteiger partial charge in [0.25, 0.3) is 10.0 Å². The lowest BCUT2D eigenvalue weighted by molar-refractivity contribution is 0.199. The highest BCUT2D eigenvalue weighted by atomic mass is 32.2. The number of halogens is 1. The lowest BCUT2D eigenvalue weighted by Gasteiger charge is -2.32. The molecule has 2 atom stereocenters. The van der Waals surface area contributed by atoms with E-state index in [0.29, 0.717) is 23.1 Å². The minimum absolute atomic E-state index is 0.0157. The molecule has 1 aromatic carbocycles. The molecule has 1 aliphatic carbocycles. The van der Waals surface area contributed by atoms with Gasteiger partial charge in [0.1, 0.15) is 6.33 Å². The van der Waals surface area contributed by atoms with Gasteiger partial charge in [-0.3, -0.25) is 0 Å². The number of urea groups is 1. The van der Waals surface area contributed by atoms with Crippen molar-refractivity contribution in [2.75, 3.05) is 18.4 Å². The minimum atomic E-state index is -4.02. The quantitative estimate of drug-likeness (QED) is 0.336. The molecule has 42 heavy (non-hydrogen) atoms. The molecule has 1 saturated heterocycles. The SMILES string of the molecule is Cc1ccc(S(=O)(=O)n2c(C)c(-c3ncc(F)c(N[C@@H]4CCC[C@H](NC(=O)N5CCCC5)C4)n3)c3cncnc32)cc1. The van der Waals surface area contributed by atoms with Crippen LogP contribution >= 0.6 is 0 Å². The van der Waals surface area contributed by atoms with Crippen molar-refractivity contribution in [3.05, 3.63) is 60.1 Å². The number of carbonyl (C=O) groups excluding carboxylic acids is 1. The monoisotopic (exact) mass is 592 g/mol. The maximum atomic E-state index is 15.0. The van der Waals surface area contributed by atoms with Crippen LogP contribution in [0.1, 0.15) is 49.8 Å². The first-order valence-corrected chi connectivity index (χ1v) is 15.6. The third kappa shape index (κ3) is 5.28. The summed E-state index contributed by atoms with van der Waals surface area (Å²) in [6, 6.07) is 6.42. The van der Waals surface area contributed by atoms with Crippen molar-refractivity contribution < 1.29 is 17.6 Å². The summed E-state index contributed by atoms with van der Waals surface area (Å²) in [4.78, 5) is 31.7. The second kappa shape index (κ2) is 11.3. The van der Waals surface area contributed by atoms with Crippen LogP contribution in [-0.4, -0.2) is 68.4 Å². The smallest absolute Gasteiger partial charge is 0.317 e. The summed E-state index contributed by atoms with van der Waals surface area (Å²) < 4.78 is 43.7. The van der Waals surface area contributed by atoms with Crippen LogP contribution in [0.15, 0.2) is 47.9 Å². The number of aromatic nitrogens is 5. The molecule has 0 radical (unpaired) electrons. The van der Waals surface area contributed by atoms with E-state index in [9.17, 15) is 13.2 Å². The molecule has 2 fully saturated rings. The van der Waals surface area contributed by atoms with Crippen LogP contribution in [0.2, 0.25) is 0 Å². The van der Waals surface area contributed by atoms with Crippen molar-refractivity contribution in [2.24, 2.45) is 0 Å². The van der Waals surface area contributed by atoms with Gasteiger partial charge in [-0.2, -0.15) is 0 Å². The summed E-state index contributed by atoms with van der Waals surface area (Å²) in [5.41, 5.74) is 1.86. The number of benzene rings is 1. The highest BCUT2D eigenvalue weighted by Gasteiger charge is 2.30. The third-order valence-corrected chi connectivity index (χ3v) is 9.88. The molecule has 2 aliphatic rings. The van der Waals surface area contributed by atoms with Crippen LogP contribution in [0.3, 0.4) is 0 Å². The Morgan fingerprint density at radius 3 is 2.50 bits per heavy atom. The van der Waals surface area contributed by atoms with Gasteiger partial charge in [-0.15, -0.1) is 0 Å². The molecule has 0 unspecified atom stereocenters. The van der Waals surface area contributed by atoms with Gasteiger partial charge in [0.05, 0.1) is 16.7 Å². The number of hydrogen-bond donors (Lipinski definition) is 2. The van der Waals surface area contributed by atoms with E-state index in [2.05, 4.69) is 30.6 Å². The fourth-order valence-corrected chi connectivity index (χ4v) is 7.44. The van der Waals surface area contributed by atoms with Gasteiger partial charge in [-0.25, -0.2) is 41.5 Å². The first-order valence-electron chi connectivity index (χ1n) is 14.2. The fraction of sp³-hybridized carbons (Fsp3) is 0.414. The van der Waals surface area contributed by atoms with Gasteiger partial charge in [0.2, 0.25) is 0 Å². The number of fused-ring (bicyclic) bond motifs is 1. The van der Waals surface area contributed by atoms with Gasteiger partial charge in [-0.05, 0) is 64.5 Å². The number of aryl methyl sites for hydroxylation is 1. The zero-order valence-electron chi connectivity index (χ0n) is 23.5. The summed E-state index contributed by atoms with van der Waals surface area (Å²) in [5, 5.41) is 6.79. The molecule has 4 aromatic rings. The molecule has 0 bridgehead atoms. The molecule has 2 amide bonds. The number of carbonyl (C=O) groups is 1. The summed E-state index contributed by atoms with van der Waals surface area (Å²) in [5.74, 6) is -0.439. The molecular formula is C29H33FN8O3S. The van der Waals surface area contributed by atoms with Crippen LogP contribution in [-0.2, 0) is 10.0 Å². The molecule has 0 spiro atoms. The summed E-state index contributed by atoms with van der Waals surface area (Å²) >= 11 is 0. The predicted octanol–water partition coefficient (Wildman–Crippen LogP) is 4.41. The molecule has 6 rings (SSSR count). The number of nitrogens with zero attached hydrogens (tertiary/aromatic N) is 6. The Morgan fingerprint density at radius 1 is 1.00 bits per heavy atom. The zero-order valence-corrected chi connectivity index (χ0v) is 24.4. The second-order valence-corrected chi connectivity index (χ2v) is 12.8. The van der Waals surface area contributed by atoms with Crippen molar-refractivity contribution in [1.82, 2.24) is 34.1 Å². The standard InChI is InChI=1S/C29H33FN8O3S/c1-18-8-10-22(11-9-18)42(40,41)38-19(2)25(23-15-31-17-33-28(23)38)27-32-16-24(30)26(36-27)34-20-6-5-7-21(14-20)35-29(39)37-12-3-4-13-37/h8-11,15-17,20-21H,3-7,12-14H2,1-2H3,(H,35,39)(H,32,34,36)/t20-,21+/m1/s1. The Balaban J connectivity index is 1.30. The van der Waals surface area contributed by atoms with Gasteiger partial charge in [0.15, 0.2) is 23.1 Å². The topological polar surface area (TPSA) is 135 Å². The zero-order chi connectivity index (χ0) is 29.4. The molecule has 1 saturated carbocycles. The lowest BCUT2D eigenvalue weighted by Crippen LogP contribution is -2.47. The van der Waals surface area contributed by atoms with Gasteiger partial charge < -0.3 is 15.5 Å². The van der Waals surface area contributed by atoms with E-state index in [1.54, 1.807) is 31.2 Å². The maximum absolute atomic E-state index is 15.0. The number of amides is 2. The Hall–Kier alpha value is -4.13. The van der Waals surface area contributed by atoms with Gasteiger partial charge in [0, 0.05) is 42.5 Å². The fourth-order valence-electron chi connectivity index (χ4n) is 5.93. The van der Waals surface area contributed by atoms with E-state index in [0.717, 1.165) is 57.0 Å². The van der Waals surface area contributed by atoms with Crippen molar-refractivity contribution in [1.29, 1.82) is 0 Å². The highest BCUT2D eigenvalue weighted by molar-refractivity contribution is 7.90. The normalized spacial score (nSPS) is 19.3. The van der Waals surface area contributed by atoms with Crippen LogP contribution in [0.5, 0.6) is 0 Å². The van der Waals surface area contributed by atoms with E-state index in [-0.39, 0.29) is 40.3 Å². The molecule has 13 heteroatoms. The van der Waals surface area contributed by atoms with Crippen molar-refractivity contribution in [3.63, 3.8) is 0 Å². The second-order valence-electron chi connectivity index (χ2n) is 11.0. The molecule has 2 N–H and O–H groups in total. The first-order chi connectivity index (χ1) is 20.2. The first kappa shape index (κ1) is 28.0. The number of nitrogens with one attached hydrogen (secondary N) is 2. The van der Waals surface area contributed by atoms with Gasteiger partial charge >= 0.3 is 6.03 Å². The van der Waals surface area contributed by atoms with E-state index in [4.69, 9.17) is 0 Å². The number of rotatable bonds is 6. The molecular weight excluding hydrogens is 559 g/mol. The highest BCUT2D eigenvalue weighted by Crippen LogP contribution is 2.35. The molecule has 4 heterocycles. The van der Waals surface area contributed by atoms with Gasteiger partial charge in [-0.1, -0.05) is 17.7 Å². The molecule has 11 nitrogen and oxygen atoms in total. The van der Waals surface area contributed by atoms with Crippen molar-refractivity contribution in [3.8, 4) is 11.4 Å². The van der Waals surface area contributed by atoms with E-state index < -0.39 is 15.8 Å². The average Bonchev–Trinajstić information content (AvgIpc) is 3.61. The largest absolute Gasteiger partial charge is 0.365 e. The van der Waals surface area contributed by atoms with Crippen molar-refractivity contribution >= 4 is 32.9 Å². The number of hydrogen-bond acceptors (Lipinski definition) is 8. The van der Waals surface area contributed by atoms with E-state index >= 15 is 4.39 Å². The lowest BCUT2D eigenvalue weighted by atomic mass is 9.91. The summed E-state index contributed by atoms with van der Waals surface area (Å²) in [6.45, 7) is 5.09. The molecule has 220 valence electrons. The van der Waals surface area contributed by atoms with Crippen LogP contribution in [0.4, 0.5) is 15.0 Å². The van der Waals surface area contributed by atoms with Crippen LogP contribution in [0, 0.1) is 19.7 Å². The third-order valence-electron chi connectivity index (χ3n) is 8.08. The Kier molecular flexibility index (Phi) is 7.52. The van der Waals surface area contributed by atoms with E-state index in [1.807, 2.05) is 11.8 Å². The predicted molar refractivity (Wildman–Crippen MR) is 156 cm³/mol. The Bertz CT molecular complexity index is 1740. The van der Waals surface area contributed by atoms with E-state index in [1.165, 1.54) is 16.5 Å². The minimum Gasteiger partial charge on any atom is -0.365 e. The average molecular weight is 593 g/mol. The number of anilines is 1. The van der Waals surface area contributed by atoms with Crippen molar-refractivity contribution in [2.45, 2.75) is 69.4 Å². The number of likely N-dealkylation sites (tertiary alicyclic amines) is 1. The Labute approximate surface area is 243 Å². The maximum Gasteiger partial charge on any atom is 0.317 e. The summed E-state index contributed by atoms with van der Waals surface area (Å²) in [7, 11) is -4.02.